The zero-order valence-corrected chi connectivity index (χ0v) is 18.4. The Balaban J connectivity index is 1.55. The predicted octanol–water partition coefficient (Wildman–Crippen LogP) is 4.08. The normalized spacial score (nSPS) is 10.6. The lowest BCUT2D eigenvalue weighted by Crippen LogP contribution is -2.14. The molecule has 9 heteroatoms. The third-order valence-corrected chi connectivity index (χ3v) is 5.48. The number of ether oxygens (including phenoxy) is 2. The van der Waals surface area contributed by atoms with Crippen LogP contribution in [0.1, 0.15) is 0 Å². The second-order valence-corrected chi connectivity index (χ2v) is 7.59. The van der Waals surface area contributed by atoms with Crippen molar-refractivity contribution in [3.8, 4) is 28.6 Å². The van der Waals surface area contributed by atoms with Crippen molar-refractivity contribution < 1.29 is 14.3 Å². The first-order valence-corrected chi connectivity index (χ1v) is 10.7. The molecule has 0 radical (unpaired) electrons. The van der Waals surface area contributed by atoms with Gasteiger partial charge in [0.1, 0.15) is 11.5 Å². The molecule has 0 aliphatic heterocycles. The van der Waals surface area contributed by atoms with E-state index in [0.29, 0.717) is 28.2 Å². The van der Waals surface area contributed by atoms with E-state index >= 15 is 0 Å². The Bertz CT molecular complexity index is 1180. The fourth-order valence-electron chi connectivity index (χ4n) is 3.07. The summed E-state index contributed by atoms with van der Waals surface area (Å²) in [6.45, 7) is 0. The molecule has 162 valence electrons. The monoisotopic (exact) mass is 447 g/mol. The van der Waals surface area contributed by atoms with Gasteiger partial charge >= 0.3 is 0 Å². The summed E-state index contributed by atoms with van der Waals surface area (Å²) in [5.74, 6) is 1.84. The van der Waals surface area contributed by atoms with Crippen molar-refractivity contribution in [1.82, 2.24) is 19.7 Å². The lowest BCUT2D eigenvalue weighted by Gasteiger charge is -2.11. The first kappa shape index (κ1) is 21.4. The number of carbonyl (C=O) groups excluding carboxylic acids is 1. The van der Waals surface area contributed by atoms with Crippen LogP contribution in [0.4, 0.5) is 5.69 Å². The molecule has 0 aliphatic carbocycles. The van der Waals surface area contributed by atoms with Gasteiger partial charge in [-0.25, -0.2) is 0 Å². The lowest BCUT2D eigenvalue weighted by molar-refractivity contribution is -0.113. The molecule has 1 amide bonds. The van der Waals surface area contributed by atoms with E-state index in [-0.39, 0.29) is 11.7 Å². The van der Waals surface area contributed by atoms with Crippen molar-refractivity contribution in [2.45, 2.75) is 5.16 Å². The number of aromatic nitrogens is 4. The molecular formula is C23H21N5O3S. The maximum atomic E-state index is 12.6. The third-order valence-electron chi connectivity index (χ3n) is 4.55. The van der Waals surface area contributed by atoms with Crippen molar-refractivity contribution in [3.05, 3.63) is 73.1 Å². The Kier molecular flexibility index (Phi) is 6.66. The van der Waals surface area contributed by atoms with Crippen molar-refractivity contribution in [1.29, 1.82) is 0 Å². The van der Waals surface area contributed by atoms with Crippen LogP contribution in [-0.2, 0) is 4.79 Å². The number of nitrogens with zero attached hydrogens (tertiary/aromatic N) is 4. The highest BCUT2D eigenvalue weighted by Crippen LogP contribution is 2.29. The molecule has 2 heterocycles. The Morgan fingerprint density at radius 3 is 2.31 bits per heavy atom. The van der Waals surface area contributed by atoms with E-state index in [9.17, 15) is 4.79 Å². The quantitative estimate of drug-likeness (QED) is 0.407. The number of para-hydroxylation sites is 1. The number of rotatable bonds is 8. The van der Waals surface area contributed by atoms with Crippen LogP contribution in [-0.4, -0.2) is 45.6 Å². The van der Waals surface area contributed by atoms with Crippen molar-refractivity contribution in [2.24, 2.45) is 0 Å². The summed E-state index contributed by atoms with van der Waals surface area (Å²) in [5, 5.41) is 12.2. The number of thioether (sulfide) groups is 1. The minimum absolute atomic E-state index is 0.154. The van der Waals surface area contributed by atoms with E-state index in [2.05, 4.69) is 20.5 Å². The minimum atomic E-state index is -0.182. The molecular weight excluding hydrogens is 426 g/mol. The Morgan fingerprint density at radius 2 is 1.66 bits per heavy atom. The van der Waals surface area contributed by atoms with Crippen LogP contribution in [0.3, 0.4) is 0 Å². The van der Waals surface area contributed by atoms with Gasteiger partial charge in [0.15, 0.2) is 11.0 Å². The van der Waals surface area contributed by atoms with Gasteiger partial charge in [0.25, 0.3) is 0 Å². The van der Waals surface area contributed by atoms with E-state index in [1.807, 2.05) is 47.0 Å². The molecule has 0 spiro atoms. The van der Waals surface area contributed by atoms with Gasteiger partial charge in [-0.15, -0.1) is 10.2 Å². The molecule has 0 aliphatic rings. The second kappa shape index (κ2) is 9.97. The number of amides is 1. The second-order valence-electron chi connectivity index (χ2n) is 6.65. The Morgan fingerprint density at radius 1 is 0.969 bits per heavy atom. The van der Waals surface area contributed by atoms with Gasteiger partial charge in [-0.3, -0.25) is 14.3 Å². The molecule has 0 atom stereocenters. The number of benzene rings is 2. The number of nitrogens with one attached hydrogen (secondary N) is 1. The van der Waals surface area contributed by atoms with E-state index in [4.69, 9.17) is 9.47 Å². The average molecular weight is 448 g/mol. The highest BCUT2D eigenvalue weighted by atomic mass is 32.2. The Labute approximate surface area is 189 Å². The van der Waals surface area contributed by atoms with Gasteiger partial charge in [-0.05, 0) is 24.3 Å². The maximum Gasteiger partial charge on any atom is 0.234 e. The third kappa shape index (κ3) is 4.89. The van der Waals surface area contributed by atoms with Crippen molar-refractivity contribution >= 4 is 23.4 Å². The molecule has 0 fully saturated rings. The molecule has 0 bridgehead atoms. The molecule has 32 heavy (non-hydrogen) atoms. The van der Waals surface area contributed by atoms with E-state index in [1.165, 1.54) is 11.8 Å². The largest absolute Gasteiger partial charge is 0.497 e. The number of pyridine rings is 1. The summed E-state index contributed by atoms with van der Waals surface area (Å²) >= 11 is 1.30. The molecule has 2 aromatic carbocycles. The van der Waals surface area contributed by atoms with Crippen molar-refractivity contribution in [3.63, 3.8) is 0 Å². The molecule has 2 aromatic heterocycles. The van der Waals surface area contributed by atoms with E-state index in [1.54, 1.807) is 44.8 Å². The van der Waals surface area contributed by atoms with Crippen molar-refractivity contribution in [2.75, 3.05) is 25.3 Å². The molecule has 4 aromatic rings. The summed E-state index contributed by atoms with van der Waals surface area (Å²) in [4.78, 5) is 16.7. The topological polar surface area (TPSA) is 91.2 Å². The molecule has 4 rings (SSSR count). The summed E-state index contributed by atoms with van der Waals surface area (Å²) in [5.41, 5.74) is 2.38. The molecule has 0 saturated heterocycles. The van der Waals surface area contributed by atoms with E-state index in [0.717, 1.165) is 11.3 Å². The van der Waals surface area contributed by atoms with E-state index < -0.39 is 0 Å². The summed E-state index contributed by atoms with van der Waals surface area (Å²) in [7, 11) is 3.13. The highest BCUT2D eigenvalue weighted by Gasteiger charge is 2.17. The van der Waals surface area contributed by atoms with Crippen LogP contribution in [0.2, 0.25) is 0 Å². The van der Waals surface area contributed by atoms with Crippen LogP contribution in [0, 0.1) is 0 Å². The minimum Gasteiger partial charge on any atom is -0.497 e. The highest BCUT2D eigenvalue weighted by molar-refractivity contribution is 7.99. The smallest absolute Gasteiger partial charge is 0.234 e. The summed E-state index contributed by atoms with van der Waals surface area (Å²) < 4.78 is 12.4. The first-order chi connectivity index (χ1) is 15.7. The average Bonchev–Trinajstić information content (AvgIpc) is 3.27. The standard InChI is InChI=1S/C23H21N5O3S/c1-30-19-12-17(13-20(14-19)31-2)25-21(29)15-32-23-27-26-22(16-8-10-24-11-9-16)28(23)18-6-4-3-5-7-18/h3-14H,15H2,1-2H3,(H,25,29). The summed E-state index contributed by atoms with van der Waals surface area (Å²) in [6.07, 6.45) is 3.42. The van der Waals surface area contributed by atoms with Crippen LogP contribution < -0.4 is 14.8 Å². The van der Waals surface area contributed by atoms with Gasteiger partial charge in [-0.2, -0.15) is 0 Å². The maximum absolute atomic E-state index is 12.6. The fourth-order valence-corrected chi connectivity index (χ4v) is 3.82. The molecule has 0 saturated carbocycles. The van der Waals surface area contributed by atoms with Crippen LogP contribution in [0.15, 0.2) is 78.2 Å². The zero-order valence-electron chi connectivity index (χ0n) is 17.6. The molecule has 0 unspecified atom stereocenters. The van der Waals surface area contributed by atoms with Gasteiger partial charge in [0, 0.05) is 47.5 Å². The number of hydrogen-bond acceptors (Lipinski definition) is 7. The number of anilines is 1. The summed E-state index contributed by atoms with van der Waals surface area (Å²) in [6, 6.07) is 18.8. The van der Waals surface area contributed by atoms with Crippen LogP contribution in [0.25, 0.3) is 17.1 Å². The lowest BCUT2D eigenvalue weighted by atomic mass is 10.2. The SMILES string of the molecule is COc1cc(NC(=O)CSc2nnc(-c3ccncc3)n2-c2ccccc2)cc(OC)c1. The predicted molar refractivity (Wildman–Crippen MR) is 123 cm³/mol. The first-order valence-electron chi connectivity index (χ1n) is 9.75. The van der Waals surface area contributed by atoms with Gasteiger partial charge < -0.3 is 14.8 Å². The van der Waals surface area contributed by atoms with Gasteiger partial charge in [-0.1, -0.05) is 30.0 Å². The number of carbonyl (C=O) groups is 1. The molecule has 1 N–H and O–H groups in total. The molecule has 8 nitrogen and oxygen atoms in total. The fraction of sp³-hybridized carbons (Fsp3) is 0.130. The van der Waals surface area contributed by atoms with Crippen LogP contribution in [0.5, 0.6) is 11.5 Å². The van der Waals surface area contributed by atoms with Gasteiger partial charge in [0.05, 0.1) is 20.0 Å². The number of methoxy groups -OCH3 is 2. The van der Waals surface area contributed by atoms with Gasteiger partial charge in [0.2, 0.25) is 5.91 Å². The van der Waals surface area contributed by atoms with Crippen LogP contribution >= 0.6 is 11.8 Å². The Hall–Kier alpha value is -3.85. The zero-order chi connectivity index (χ0) is 22.3. The number of hydrogen-bond donors (Lipinski definition) is 1.